The van der Waals surface area contributed by atoms with E-state index in [1.165, 1.54) is 18.4 Å². The van der Waals surface area contributed by atoms with E-state index in [1.807, 2.05) is 0 Å². The summed E-state index contributed by atoms with van der Waals surface area (Å²) in [6.07, 6.45) is 2.38. The van der Waals surface area contributed by atoms with E-state index >= 15 is 0 Å². The molecule has 0 radical (unpaired) electrons. The number of aromatic nitrogens is 5. The van der Waals surface area contributed by atoms with Crippen molar-refractivity contribution < 1.29 is 14.1 Å². The SMILES string of the molecule is Nc1nocc1-c1nc2ccc(-c3ccc(F)cn3)nc2n1O. The van der Waals surface area contributed by atoms with E-state index in [2.05, 4.69) is 20.1 Å². The average molecular weight is 312 g/mol. The van der Waals surface area contributed by atoms with Crippen LogP contribution in [0.1, 0.15) is 0 Å². The smallest absolute Gasteiger partial charge is 0.197 e. The van der Waals surface area contributed by atoms with Crippen molar-refractivity contribution >= 4 is 17.0 Å². The summed E-state index contributed by atoms with van der Waals surface area (Å²) in [6, 6.07) is 6.13. The molecule has 0 bridgehead atoms. The highest BCUT2D eigenvalue weighted by molar-refractivity contribution is 5.81. The van der Waals surface area contributed by atoms with Crippen LogP contribution in [0.3, 0.4) is 0 Å². The van der Waals surface area contributed by atoms with Gasteiger partial charge in [-0.05, 0) is 24.3 Å². The van der Waals surface area contributed by atoms with Gasteiger partial charge in [0.15, 0.2) is 17.3 Å². The van der Waals surface area contributed by atoms with Crippen LogP contribution in [0.15, 0.2) is 41.2 Å². The fourth-order valence-electron chi connectivity index (χ4n) is 2.20. The van der Waals surface area contributed by atoms with Gasteiger partial charge in [-0.2, -0.15) is 0 Å². The normalized spacial score (nSPS) is 11.2. The predicted molar refractivity (Wildman–Crippen MR) is 77.8 cm³/mol. The van der Waals surface area contributed by atoms with Crippen molar-refractivity contribution in [1.29, 1.82) is 0 Å². The summed E-state index contributed by atoms with van der Waals surface area (Å²) in [5.74, 6) is -0.168. The van der Waals surface area contributed by atoms with E-state index in [4.69, 9.17) is 10.3 Å². The molecule has 0 aliphatic carbocycles. The maximum absolute atomic E-state index is 13.0. The van der Waals surface area contributed by atoms with Crippen molar-refractivity contribution in [1.82, 2.24) is 24.8 Å². The Morgan fingerprint density at radius 2 is 1.96 bits per heavy atom. The standard InChI is InChI=1S/C14H9FN6O2/c15-7-1-2-9(17-5-7)10-3-4-11-14(18-10)21(22)13(19-11)8-6-23-20-12(8)16/h1-6,22H,(H2,16,20). The molecular formula is C14H9FN6O2. The summed E-state index contributed by atoms with van der Waals surface area (Å²) in [6.45, 7) is 0. The first-order valence-electron chi connectivity index (χ1n) is 6.54. The van der Waals surface area contributed by atoms with Crippen molar-refractivity contribution in [2.24, 2.45) is 0 Å². The highest BCUT2D eigenvalue weighted by atomic mass is 19.1. The van der Waals surface area contributed by atoms with Gasteiger partial charge in [0.2, 0.25) is 0 Å². The number of hydrogen-bond acceptors (Lipinski definition) is 7. The van der Waals surface area contributed by atoms with E-state index in [1.54, 1.807) is 12.1 Å². The monoisotopic (exact) mass is 312 g/mol. The summed E-state index contributed by atoms with van der Waals surface area (Å²) in [5, 5.41) is 13.8. The van der Waals surface area contributed by atoms with E-state index in [0.29, 0.717) is 22.5 Å². The molecule has 4 aromatic rings. The van der Waals surface area contributed by atoms with Gasteiger partial charge in [0.05, 0.1) is 17.6 Å². The highest BCUT2D eigenvalue weighted by Gasteiger charge is 2.18. The number of fused-ring (bicyclic) bond motifs is 1. The first kappa shape index (κ1) is 13.2. The number of anilines is 1. The third kappa shape index (κ3) is 2.06. The number of nitrogens with two attached hydrogens (primary N) is 1. The Bertz CT molecular complexity index is 1010. The molecule has 8 nitrogen and oxygen atoms in total. The number of halogens is 1. The van der Waals surface area contributed by atoms with Crippen molar-refractivity contribution in [3.05, 3.63) is 42.5 Å². The summed E-state index contributed by atoms with van der Waals surface area (Å²) >= 11 is 0. The first-order chi connectivity index (χ1) is 11.1. The highest BCUT2D eigenvalue weighted by Crippen LogP contribution is 2.27. The molecule has 114 valence electrons. The summed E-state index contributed by atoms with van der Waals surface area (Å²) < 4.78 is 18.5. The van der Waals surface area contributed by atoms with E-state index in [-0.39, 0.29) is 17.3 Å². The van der Waals surface area contributed by atoms with Gasteiger partial charge in [0, 0.05) is 0 Å². The largest absolute Gasteiger partial charge is 0.425 e. The third-order valence-corrected chi connectivity index (χ3v) is 3.31. The summed E-state index contributed by atoms with van der Waals surface area (Å²) in [5.41, 5.74) is 7.62. The molecule has 0 amide bonds. The third-order valence-electron chi connectivity index (χ3n) is 3.31. The van der Waals surface area contributed by atoms with Gasteiger partial charge < -0.3 is 15.5 Å². The molecule has 0 saturated heterocycles. The maximum atomic E-state index is 13.0. The van der Waals surface area contributed by atoms with Crippen LogP contribution in [0.5, 0.6) is 0 Å². The van der Waals surface area contributed by atoms with Gasteiger partial charge in [0.25, 0.3) is 0 Å². The molecule has 4 rings (SSSR count). The molecule has 4 heterocycles. The molecule has 4 aromatic heterocycles. The Morgan fingerprint density at radius 3 is 2.65 bits per heavy atom. The van der Waals surface area contributed by atoms with Crippen molar-refractivity contribution in [2.45, 2.75) is 0 Å². The number of hydrogen-bond donors (Lipinski definition) is 2. The van der Waals surface area contributed by atoms with Gasteiger partial charge >= 0.3 is 0 Å². The van der Waals surface area contributed by atoms with Crippen molar-refractivity contribution in [2.75, 3.05) is 5.73 Å². The molecule has 0 fully saturated rings. The van der Waals surface area contributed by atoms with Gasteiger partial charge in [-0.25, -0.2) is 14.4 Å². The molecule has 0 spiro atoms. The predicted octanol–water partition coefficient (Wildman–Crippen LogP) is 2.11. The molecule has 0 aliphatic heterocycles. The Morgan fingerprint density at radius 1 is 1.13 bits per heavy atom. The van der Waals surface area contributed by atoms with E-state index in [9.17, 15) is 9.60 Å². The molecule has 9 heteroatoms. The Hall–Kier alpha value is -3.49. The molecular weight excluding hydrogens is 303 g/mol. The number of nitrogen functional groups attached to an aromatic ring is 1. The van der Waals surface area contributed by atoms with E-state index in [0.717, 1.165) is 10.9 Å². The van der Waals surface area contributed by atoms with Crippen LogP contribution in [0.2, 0.25) is 0 Å². The summed E-state index contributed by atoms with van der Waals surface area (Å²) in [7, 11) is 0. The fourth-order valence-corrected chi connectivity index (χ4v) is 2.20. The van der Waals surface area contributed by atoms with Crippen molar-refractivity contribution in [3.63, 3.8) is 0 Å². The zero-order valence-electron chi connectivity index (χ0n) is 11.5. The van der Waals surface area contributed by atoms with Crippen LogP contribution < -0.4 is 5.73 Å². The van der Waals surface area contributed by atoms with Crippen LogP contribution in [0.4, 0.5) is 10.2 Å². The first-order valence-corrected chi connectivity index (χ1v) is 6.54. The second kappa shape index (κ2) is 4.77. The Balaban J connectivity index is 1.88. The molecule has 23 heavy (non-hydrogen) atoms. The van der Waals surface area contributed by atoms with Crippen LogP contribution in [-0.2, 0) is 0 Å². The maximum Gasteiger partial charge on any atom is 0.197 e. The van der Waals surface area contributed by atoms with E-state index < -0.39 is 5.82 Å². The van der Waals surface area contributed by atoms with Crippen LogP contribution in [-0.4, -0.2) is 30.0 Å². The number of rotatable bonds is 2. The van der Waals surface area contributed by atoms with Crippen LogP contribution >= 0.6 is 0 Å². The molecule has 0 unspecified atom stereocenters. The topological polar surface area (TPSA) is 116 Å². The Kier molecular flexibility index (Phi) is 2.73. The molecule has 3 N–H and O–H groups in total. The minimum atomic E-state index is -0.438. The lowest BCUT2D eigenvalue weighted by atomic mass is 10.2. The lowest BCUT2D eigenvalue weighted by Crippen LogP contribution is -1.98. The van der Waals surface area contributed by atoms with Crippen molar-refractivity contribution in [3.8, 4) is 22.8 Å². The van der Waals surface area contributed by atoms with Gasteiger partial charge in [-0.1, -0.05) is 5.16 Å². The number of pyridine rings is 2. The number of nitrogens with zero attached hydrogens (tertiary/aromatic N) is 5. The lowest BCUT2D eigenvalue weighted by Gasteiger charge is -2.01. The molecule has 0 aromatic carbocycles. The minimum absolute atomic E-state index is 0.107. The second-order valence-corrected chi connectivity index (χ2v) is 4.76. The van der Waals surface area contributed by atoms with Gasteiger partial charge in [0.1, 0.15) is 23.2 Å². The average Bonchev–Trinajstić information content (AvgIpc) is 3.11. The van der Waals surface area contributed by atoms with Gasteiger partial charge in [-0.15, -0.1) is 4.73 Å². The molecule has 0 saturated carbocycles. The molecule has 0 aliphatic rings. The fraction of sp³-hybridized carbons (Fsp3) is 0. The summed E-state index contributed by atoms with van der Waals surface area (Å²) in [4.78, 5) is 12.5. The molecule has 0 atom stereocenters. The minimum Gasteiger partial charge on any atom is -0.425 e. The zero-order chi connectivity index (χ0) is 16.0. The lowest BCUT2D eigenvalue weighted by molar-refractivity contribution is 0.201. The van der Waals surface area contributed by atoms with Gasteiger partial charge in [-0.3, -0.25) is 4.98 Å². The zero-order valence-corrected chi connectivity index (χ0v) is 11.5. The second-order valence-electron chi connectivity index (χ2n) is 4.76. The van der Waals surface area contributed by atoms with Crippen LogP contribution in [0.25, 0.3) is 33.9 Å². The van der Waals surface area contributed by atoms with Crippen LogP contribution in [0, 0.1) is 5.82 Å². The Labute approximate surface area is 128 Å². The number of imidazole rings is 1. The quantitative estimate of drug-likeness (QED) is 0.544.